The van der Waals surface area contributed by atoms with Gasteiger partial charge in [0, 0.05) is 35.9 Å². The number of hydrogen-bond donors (Lipinski definition) is 3. The lowest BCUT2D eigenvalue weighted by Gasteiger charge is -2.36. The van der Waals surface area contributed by atoms with Gasteiger partial charge in [-0.1, -0.05) is 70.1 Å². The highest BCUT2D eigenvalue weighted by molar-refractivity contribution is 6.38. The molecule has 1 aromatic carbocycles. The number of carbonyl (C=O) groups is 5. The zero-order chi connectivity index (χ0) is 36.2. The van der Waals surface area contributed by atoms with Crippen molar-refractivity contribution in [3.63, 3.8) is 0 Å². The minimum absolute atomic E-state index is 0.0123. The molecular formula is C37H52ClN5O7. The van der Waals surface area contributed by atoms with E-state index in [1.165, 1.54) is 11.3 Å². The van der Waals surface area contributed by atoms with E-state index in [-0.39, 0.29) is 43.7 Å². The van der Waals surface area contributed by atoms with Crippen LogP contribution in [0.2, 0.25) is 5.02 Å². The molecule has 4 aliphatic rings. The van der Waals surface area contributed by atoms with Gasteiger partial charge in [0.1, 0.15) is 17.8 Å². The smallest absolute Gasteiger partial charge is 0.289 e. The van der Waals surface area contributed by atoms with Crippen LogP contribution in [0.15, 0.2) is 23.4 Å². The second-order valence-corrected chi connectivity index (χ2v) is 16.0. The summed E-state index contributed by atoms with van der Waals surface area (Å²) in [6.45, 7) is 7.52. The standard InChI is InChI=1S/C37H52ClN5O7/c1-6-10-26(31(45)34(47)39-24-14-15-24)40-33(46)28-20-37(19-27(42-50-37)25-18-23(38)13-16-29(25)49-5)21-43(28)35(48)32(36(2,3)4)41-30(44)17-22-11-8-7-9-12-22/h13,16,18,22,24,26,28,32H,6-12,14-15,17,19-21H2,1-5H3,(H,39,47)(H,40,46)(H,41,44)/t26-,28-,32+,37+/m0/s1. The first kappa shape index (κ1) is 37.6. The number of halogens is 1. The number of oxime groups is 1. The fourth-order valence-corrected chi connectivity index (χ4v) is 7.51. The van der Waals surface area contributed by atoms with E-state index in [0.29, 0.717) is 34.9 Å². The molecule has 1 spiro atoms. The molecule has 0 aromatic heterocycles. The number of carbonyl (C=O) groups excluding carboxylic acids is 5. The van der Waals surface area contributed by atoms with Crippen molar-refractivity contribution >= 4 is 46.7 Å². The van der Waals surface area contributed by atoms with Gasteiger partial charge in [-0.05, 0) is 61.6 Å². The quantitative estimate of drug-likeness (QED) is 0.255. The number of amides is 4. The Morgan fingerprint density at radius 3 is 2.44 bits per heavy atom. The van der Waals surface area contributed by atoms with Crippen LogP contribution in [0.4, 0.5) is 0 Å². The lowest BCUT2D eigenvalue weighted by atomic mass is 9.84. The van der Waals surface area contributed by atoms with Crippen LogP contribution in [0.25, 0.3) is 0 Å². The summed E-state index contributed by atoms with van der Waals surface area (Å²) in [4.78, 5) is 75.7. The molecule has 1 aromatic rings. The van der Waals surface area contributed by atoms with Crippen molar-refractivity contribution in [3.8, 4) is 5.75 Å². The Labute approximate surface area is 299 Å². The van der Waals surface area contributed by atoms with E-state index < -0.39 is 52.6 Å². The van der Waals surface area contributed by atoms with Gasteiger partial charge < -0.3 is 30.4 Å². The number of benzene rings is 1. The Kier molecular flexibility index (Phi) is 11.8. The summed E-state index contributed by atoms with van der Waals surface area (Å²) in [5.74, 6) is -1.78. The highest BCUT2D eigenvalue weighted by Crippen LogP contribution is 2.41. The zero-order valence-electron chi connectivity index (χ0n) is 29.9. The van der Waals surface area contributed by atoms with Crippen LogP contribution in [0.1, 0.15) is 110 Å². The molecule has 50 heavy (non-hydrogen) atoms. The fourth-order valence-electron chi connectivity index (χ4n) is 7.34. The maximum absolute atomic E-state index is 14.6. The Morgan fingerprint density at radius 2 is 1.80 bits per heavy atom. The van der Waals surface area contributed by atoms with Crippen LogP contribution < -0.4 is 20.7 Å². The molecule has 0 bridgehead atoms. The van der Waals surface area contributed by atoms with Gasteiger partial charge in [0.15, 0.2) is 5.60 Å². The summed E-state index contributed by atoms with van der Waals surface area (Å²) in [7, 11) is 1.54. The summed E-state index contributed by atoms with van der Waals surface area (Å²) in [6, 6.07) is 2.12. The number of nitrogens with zero attached hydrogens (tertiary/aromatic N) is 2. The van der Waals surface area contributed by atoms with E-state index in [0.717, 1.165) is 38.5 Å². The highest BCUT2D eigenvalue weighted by atomic mass is 35.5. The number of likely N-dealkylation sites (tertiary alicyclic amines) is 1. The van der Waals surface area contributed by atoms with Crippen molar-refractivity contribution < 1.29 is 33.5 Å². The summed E-state index contributed by atoms with van der Waals surface area (Å²) >= 11 is 6.32. The molecule has 2 aliphatic carbocycles. The predicted octanol–water partition coefficient (Wildman–Crippen LogP) is 4.45. The molecule has 3 fully saturated rings. The number of rotatable bonds is 13. The van der Waals surface area contributed by atoms with Gasteiger partial charge in [0.25, 0.3) is 5.91 Å². The summed E-state index contributed by atoms with van der Waals surface area (Å²) in [5, 5.41) is 13.4. The van der Waals surface area contributed by atoms with Gasteiger partial charge >= 0.3 is 0 Å². The summed E-state index contributed by atoms with van der Waals surface area (Å²) in [6.07, 6.45) is 8.49. The third kappa shape index (κ3) is 8.97. The third-order valence-electron chi connectivity index (χ3n) is 10.3. The number of hydrogen-bond acceptors (Lipinski definition) is 8. The van der Waals surface area contributed by atoms with Gasteiger partial charge in [-0.15, -0.1) is 0 Å². The topological polar surface area (TPSA) is 156 Å². The normalized spacial score (nSPS) is 23.4. The number of ketones is 1. The molecule has 13 heteroatoms. The molecular weight excluding hydrogens is 662 g/mol. The van der Waals surface area contributed by atoms with E-state index in [2.05, 4.69) is 21.1 Å². The van der Waals surface area contributed by atoms with Crippen molar-refractivity contribution in [1.82, 2.24) is 20.9 Å². The van der Waals surface area contributed by atoms with Crippen molar-refractivity contribution in [2.24, 2.45) is 16.5 Å². The molecule has 5 rings (SSSR count). The SMILES string of the molecule is CCC[C@H](NC(=O)[C@@H]1C[C@]2(CC(c3cc(Cl)ccc3OC)=NO2)CN1C(=O)[C@@H](NC(=O)CC1CCCCC1)C(C)(C)C)C(=O)C(=O)NC1CC1. The first-order chi connectivity index (χ1) is 23.7. The minimum atomic E-state index is -1.07. The zero-order valence-corrected chi connectivity index (χ0v) is 30.7. The van der Waals surface area contributed by atoms with Crippen molar-refractivity contribution in [1.29, 1.82) is 0 Å². The maximum Gasteiger partial charge on any atom is 0.289 e. The van der Waals surface area contributed by atoms with Gasteiger partial charge in [-0.3, -0.25) is 24.0 Å². The van der Waals surface area contributed by atoms with Crippen LogP contribution >= 0.6 is 11.6 Å². The second-order valence-electron chi connectivity index (χ2n) is 15.6. The summed E-state index contributed by atoms with van der Waals surface area (Å²) in [5.41, 5.74) is -0.561. The van der Waals surface area contributed by atoms with Crippen LogP contribution in [0.5, 0.6) is 5.75 Å². The van der Waals surface area contributed by atoms with Gasteiger partial charge in [-0.25, -0.2) is 0 Å². The fraction of sp³-hybridized carbons (Fsp3) is 0.676. The van der Waals surface area contributed by atoms with Crippen molar-refractivity contribution in [2.75, 3.05) is 13.7 Å². The molecule has 4 amide bonds. The molecule has 0 unspecified atom stereocenters. The van der Waals surface area contributed by atoms with Crippen LogP contribution in [0.3, 0.4) is 0 Å². The van der Waals surface area contributed by atoms with Gasteiger partial charge in [-0.2, -0.15) is 0 Å². The highest BCUT2D eigenvalue weighted by Gasteiger charge is 2.56. The summed E-state index contributed by atoms with van der Waals surface area (Å²) < 4.78 is 5.55. The Bertz CT molecular complexity index is 1500. The molecule has 274 valence electrons. The predicted molar refractivity (Wildman–Crippen MR) is 189 cm³/mol. The van der Waals surface area contributed by atoms with Gasteiger partial charge in [0.2, 0.25) is 23.5 Å². The lowest BCUT2D eigenvalue weighted by Crippen LogP contribution is -2.59. The van der Waals surface area contributed by atoms with Crippen LogP contribution in [0, 0.1) is 11.3 Å². The molecule has 2 aliphatic heterocycles. The second kappa shape index (κ2) is 15.7. The van der Waals surface area contributed by atoms with Gasteiger partial charge in [0.05, 0.1) is 25.4 Å². The molecule has 4 atom stereocenters. The van der Waals surface area contributed by atoms with Crippen molar-refractivity contribution in [3.05, 3.63) is 28.8 Å². The Balaban J connectivity index is 1.40. The number of Topliss-reactive ketones (excluding diaryl/α,β-unsaturated/α-hetero) is 1. The monoisotopic (exact) mass is 713 g/mol. The Morgan fingerprint density at radius 1 is 1.08 bits per heavy atom. The first-order valence-electron chi connectivity index (χ1n) is 18.1. The van der Waals surface area contributed by atoms with Crippen molar-refractivity contribution in [2.45, 2.75) is 135 Å². The lowest BCUT2D eigenvalue weighted by molar-refractivity contribution is -0.145. The average molecular weight is 714 g/mol. The van der Waals surface area contributed by atoms with E-state index in [1.54, 1.807) is 25.3 Å². The average Bonchev–Trinajstić information content (AvgIpc) is 3.67. The first-order valence-corrected chi connectivity index (χ1v) is 18.4. The van der Waals surface area contributed by atoms with Crippen LogP contribution in [-0.2, 0) is 28.8 Å². The number of methoxy groups -OCH3 is 1. The third-order valence-corrected chi connectivity index (χ3v) is 10.5. The molecule has 1 saturated heterocycles. The van der Waals surface area contributed by atoms with E-state index >= 15 is 0 Å². The van der Waals surface area contributed by atoms with E-state index in [9.17, 15) is 24.0 Å². The molecule has 2 saturated carbocycles. The molecule has 2 heterocycles. The molecule has 12 nitrogen and oxygen atoms in total. The molecule has 0 radical (unpaired) electrons. The van der Waals surface area contributed by atoms with E-state index in [4.69, 9.17) is 21.2 Å². The largest absolute Gasteiger partial charge is 0.496 e. The molecule has 3 N–H and O–H groups in total. The number of ether oxygens (including phenoxy) is 1. The van der Waals surface area contributed by atoms with Crippen LogP contribution in [-0.4, -0.2) is 83.4 Å². The number of nitrogens with one attached hydrogen (secondary N) is 3. The minimum Gasteiger partial charge on any atom is -0.496 e. The van der Waals surface area contributed by atoms with E-state index in [1.807, 2.05) is 27.7 Å². The maximum atomic E-state index is 14.6. The Hall–Kier alpha value is -3.67.